The number of aromatic nitrogens is 1. The number of hydrogen-bond acceptors (Lipinski definition) is 1. The second-order valence-corrected chi connectivity index (χ2v) is 7.25. The zero-order chi connectivity index (χ0) is 19.7. The Balaban J connectivity index is 1.83. The van der Waals surface area contributed by atoms with Crippen molar-refractivity contribution in [2.24, 2.45) is 0 Å². The van der Waals surface area contributed by atoms with Gasteiger partial charge >= 0.3 is 0 Å². The molecule has 2 nitrogen and oxygen atoms in total. The van der Waals surface area contributed by atoms with E-state index in [1.807, 2.05) is 24.3 Å². The maximum atomic E-state index is 9.68. The van der Waals surface area contributed by atoms with E-state index in [1.54, 1.807) is 6.07 Å². The zero-order valence-corrected chi connectivity index (χ0v) is 16.5. The third-order valence-electron chi connectivity index (χ3n) is 5.05. The summed E-state index contributed by atoms with van der Waals surface area (Å²) in [6, 6.07) is 26.7. The summed E-state index contributed by atoms with van der Waals surface area (Å²) in [5, 5.41) is 12.7. The van der Waals surface area contributed by atoms with Gasteiger partial charge in [0.2, 0.25) is 0 Å². The van der Waals surface area contributed by atoms with Gasteiger partial charge in [0, 0.05) is 27.7 Å². The monoisotopic (exact) mass is 382 g/mol. The predicted octanol–water partition coefficient (Wildman–Crippen LogP) is 6.96. The molecule has 0 spiro atoms. The quantitative estimate of drug-likeness (QED) is 0.352. The number of hydrogen-bond donors (Lipinski definition) is 0. The molecule has 0 N–H and O–H groups in total. The number of benzene rings is 3. The zero-order valence-electron chi connectivity index (χ0n) is 15.8. The first-order valence-electron chi connectivity index (χ1n) is 9.13. The fourth-order valence-corrected chi connectivity index (χ4v) is 3.89. The van der Waals surface area contributed by atoms with Crippen LogP contribution in [0.25, 0.3) is 28.1 Å². The lowest BCUT2D eigenvalue weighted by atomic mass is 10.0. The van der Waals surface area contributed by atoms with Crippen molar-refractivity contribution >= 4 is 34.0 Å². The molecule has 0 aliphatic rings. The number of nitrogens with zero attached hydrogens (tertiary/aromatic N) is 2. The first-order chi connectivity index (χ1) is 13.6. The van der Waals surface area contributed by atoms with Gasteiger partial charge in [-0.05, 0) is 60.5 Å². The van der Waals surface area contributed by atoms with Crippen molar-refractivity contribution in [3.8, 4) is 11.8 Å². The maximum absolute atomic E-state index is 9.68. The summed E-state index contributed by atoms with van der Waals surface area (Å²) in [7, 11) is 0. The summed E-state index contributed by atoms with van der Waals surface area (Å²) >= 11 is 6.29. The smallest absolute Gasteiger partial charge is 0.0998 e. The largest absolute Gasteiger partial charge is 0.318 e. The highest BCUT2D eigenvalue weighted by molar-refractivity contribution is 6.32. The van der Waals surface area contributed by atoms with E-state index in [2.05, 4.69) is 73.0 Å². The normalized spacial score (nSPS) is 11.6. The van der Waals surface area contributed by atoms with Gasteiger partial charge < -0.3 is 4.57 Å². The highest BCUT2D eigenvalue weighted by atomic mass is 35.5. The first-order valence-corrected chi connectivity index (χ1v) is 9.51. The third kappa shape index (κ3) is 3.22. The molecule has 3 heteroatoms. The predicted molar refractivity (Wildman–Crippen MR) is 118 cm³/mol. The van der Waals surface area contributed by atoms with E-state index in [1.165, 1.54) is 10.8 Å². The van der Waals surface area contributed by atoms with Crippen LogP contribution in [-0.2, 0) is 0 Å². The van der Waals surface area contributed by atoms with Crippen LogP contribution in [0.4, 0.5) is 0 Å². The minimum Gasteiger partial charge on any atom is -0.318 e. The van der Waals surface area contributed by atoms with E-state index in [9.17, 15) is 5.26 Å². The third-order valence-corrected chi connectivity index (χ3v) is 5.38. The van der Waals surface area contributed by atoms with E-state index in [0.29, 0.717) is 10.6 Å². The fourth-order valence-electron chi connectivity index (χ4n) is 3.65. The lowest BCUT2D eigenvalue weighted by molar-refractivity contribution is 0.966. The maximum Gasteiger partial charge on any atom is 0.0998 e. The van der Waals surface area contributed by atoms with Crippen LogP contribution in [0.3, 0.4) is 0 Å². The van der Waals surface area contributed by atoms with E-state index >= 15 is 0 Å². The van der Waals surface area contributed by atoms with Gasteiger partial charge in [0.1, 0.15) is 0 Å². The van der Waals surface area contributed by atoms with Gasteiger partial charge in [-0.15, -0.1) is 0 Å². The Labute approximate surface area is 169 Å². The van der Waals surface area contributed by atoms with Crippen molar-refractivity contribution in [2.75, 3.05) is 0 Å². The fraction of sp³-hybridized carbons (Fsp3) is 0.0800. The molecular formula is C25H19ClN2. The average Bonchev–Trinajstić information content (AvgIpc) is 2.99. The minimum atomic E-state index is 0.560. The lowest BCUT2D eigenvalue weighted by Gasteiger charge is -2.11. The first kappa shape index (κ1) is 18.1. The molecular weight excluding hydrogens is 364 g/mol. The number of halogens is 1. The molecule has 4 aromatic rings. The van der Waals surface area contributed by atoms with Crippen LogP contribution in [0.15, 0.2) is 72.8 Å². The molecule has 0 unspecified atom stereocenters. The van der Waals surface area contributed by atoms with Crippen molar-refractivity contribution in [1.29, 1.82) is 5.26 Å². The van der Waals surface area contributed by atoms with Gasteiger partial charge in [-0.25, -0.2) is 0 Å². The molecule has 0 atom stereocenters. The van der Waals surface area contributed by atoms with Gasteiger partial charge in [-0.2, -0.15) is 5.26 Å². The number of aryl methyl sites for hydroxylation is 1. The number of nitriles is 1. The summed E-state index contributed by atoms with van der Waals surface area (Å²) in [6.07, 6.45) is 1.92. The second-order valence-electron chi connectivity index (χ2n) is 6.84. The van der Waals surface area contributed by atoms with Crippen LogP contribution in [0, 0.1) is 25.2 Å². The van der Waals surface area contributed by atoms with Crippen molar-refractivity contribution in [2.45, 2.75) is 13.8 Å². The molecule has 3 aromatic carbocycles. The molecule has 0 bridgehead atoms. The Bertz CT molecular complexity index is 1260. The summed E-state index contributed by atoms with van der Waals surface area (Å²) in [5.41, 5.74) is 5.65. The van der Waals surface area contributed by atoms with Gasteiger partial charge in [-0.3, -0.25) is 0 Å². The number of allylic oxidation sites excluding steroid dienone is 1. The van der Waals surface area contributed by atoms with Crippen LogP contribution < -0.4 is 0 Å². The summed E-state index contributed by atoms with van der Waals surface area (Å²) in [4.78, 5) is 0. The van der Waals surface area contributed by atoms with Gasteiger partial charge in [0.25, 0.3) is 0 Å². The number of rotatable bonds is 3. The van der Waals surface area contributed by atoms with Crippen LogP contribution in [0.5, 0.6) is 0 Å². The van der Waals surface area contributed by atoms with E-state index < -0.39 is 0 Å². The molecule has 0 radical (unpaired) electrons. The lowest BCUT2D eigenvalue weighted by Crippen LogP contribution is -1.99. The standard InChI is InChI=1S/C25H19ClN2/c1-17-13-21(14-22(16-27)24-9-5-6-10-25(24)26)18(2)28(17)23-12-11-19-7-3-4-8-20(19)15-23/h3-15H,1-2H3. The summed E-state index contributed by atoms with van der Waals surface area (Å²) in [5.74, 6) is 0. The molecule has 136 valence electrons. The Morgan fingerprint density at radius 3 is 2.39 bits per heavy atom. The highest BCUT2D eigenvalue weighted by Crippen LogP contribution is 2.29. The van der Waals surface area contributed by atoms with Gasteiger partial charge in [-0.1, -0.05) is 60.1 Å². The number of fused-ring (bicyclic) bond motifs is 1. The molecule has 0 aliphatic carbocycles. The molecule has 0 amide bonds. The van der Waals surface area contributed by atoms with Crippen molar-refractivity contribution < 1.29 is 0 Å². The second kappa shape index (κ2) is 7.38. The van der Waals surface area contributed by atoms with Gasteiger partial charge in [0.05, 0.1) is 11.6 Å². The SMILES string of the molecule is Cc1cc(C=C(C#N)c2ccccc2Cl)c(C)n1-c1ccc2ccccc2c1. The topological polar surface area (TPSA) is 28.7 Å². The van der Waals surface area contributed by atoms with E-state index in [0.717, 1.165) is 28.2 Å². The highest BCUT2D eigenvalue weighted by Gasteiger charge is 2.12. The van der Waals surface area contributed by atoms with Crippen LogP contribution in [0.1, 0.15) is 22.5 Å². The minimum absolute atomic E-state index is 0.560. The molecule has 1 heterocycles. The Hall–Kier alpha value is -3.28. The van der Waals surface area contributed by atoms with Crippen molar-refractivity contribution in [1.82, 2.24) is 4.57 Å². The molecule has 0 aliphatic heterocycles. The molecule has 4 rings (SSSR count). The summed E-state index contributed by atoms with van der Waals surface area (Å²) < 4.78 is 2.22. The molecule has 1 aromatic heterocycles. The van der Waals surface area contributed by atoms with Crippen LogP contribution in [-0.4, -0.2) is 4.57 Å². The van der Waals surface area contributed by atoms with Crippen LogP contribution >= 0.6 is 11.6 Å². The van der Waals surface area contributed by atoms with Gasteiger partial charge in [0.15, 0.2) is 0 Å². The van der Waals surface area contributed by atoms with E-state index in [4.69, 9.17) is 11.6 Å². The molecule has 0 saturated heterocycles. The molecule has 0 saturated carbocycles. The Kier molecular flexibility index (Phi) is 4.77. The summed E-state index contributed by atoms with van der Waals surface area (Å²) in [6.45, 7) is 4.16. The molecule has 0 fully saturated rings. The Morgan fingerprint density at radius 2 is 1.64 bits per heavy atom. The van der Waals surface area contributed by atoms with Crippen molar-refractivity contribution in [3.05, 3.63) is 100 Å². The van der Waals surface area contributed by atoms with Crippen LogP contribution in [0.2, 0.25) is 5.02 Å². The van der Waals surface area contributed by atoms with Crippen molar-refractivity contribution in [3.63, 3.8) is 0 Å². The Morgan fingerprint density at radius 1 is 0.929 bits per heavy atom. The molecule has 28 heavy (non-hydrogen) atoms. The average molecular weight is 383 g/mol. The van der Waals surface area contributed by atoms with E-state index in [-0.39, 0.29) is 0 Å².